The van der Waals surface area contributed by atoms with Gasteiger partial charge in [-0.2, -0.15) is 14.3 Å². The Balaban J connectivity index is 1.27. The van der Waals surface area contributed by atoms with Gasteiger partial charge in [0.05, 0.1) is 12.9 Å². The normalized spacial score (nSPS) is 12.8. The molecule has 1 N–H and O–H groups in total. The number of nitrogens with one attached hydrogen (secondary N) is 1. The number of fused-ring (bicyclic) bond motifs is 2. The van der Waals surface area contributed by atoms with Crippen LogP contribution in [0, 0.1) is 6.92 Å². The highest BCUT2D eigenvalue weighted by atomic mass is 32.2. The molecule has 2 aromatic carbocycles. The number of likely N-dealkylation sites (N-methyl/N-ethyl adjacent to an activating group) is 2. The Morgan fingerprint density at radius 2 is 1.86 bits per heavy atom. The molecule has 0 bridgehead atoms. The number of thiophene rings is 1. The number of aryl methyl sites for hydroxylation is 1. The molecule has 11 nitrogen and oxygen atoms in total. The number of aromatic nitrogens is 4. The summed E-state index contributed by atoms with van der Waals surface area (Å²) >= 11 is 1.21. The lowest BCUT2D eigenvalue weighted by atomic mass is 10.1. The summed E-state index contributed by atoms with van der Waals surface area (Å²) < 4.78 is 40.5. The Morgan fingerprint density at radius 3 is 2.67 bits per heavy atom. The van der Waals surface area contributed by atoms with Gasteiger partial charge in [-0.15, -0.1) is 11.3 Å². The van der Waals surface area contributed by atoms with Gasteiger partial charge in [0.25, 0.3) is 10.0 Å². The maximum Gasteiger partial charge on any atom is 0.252 e. The zero-order chi connectivity index (χ0) is 29.3. The molecule has 0 fully saturated rings. The van der Waals surface area contributed by atoms with Crippen molar-refractivity contribution < 1.29 is 17.9 Å². The second kappa shape index (κ2) is 11.6. The van der Waals surface area contributed by atoms with Crippen LogP contribution in [0.5, 0.6) is 11.5 Å². The van der Waals surface area contributed by atoms with Gasteiger partial charge >= 0.3 is 0 Å². The first kappa shape index (κ1) is 27.9. The van der Waals surface area contributed by atoms with Crippen LogP contribution in [-0.2, 0) is 23.1 Å². The van der Waals surface area contributed by atoms with Gasteiger partial charge in [0.1, 0.15) is 4.21 Å². The van der Waals surface area contributed by atoms with Crippen molar-refractivity contribution in [3.05, 3.63) is 83.0 Å². The van der Waals surface area contributed by atoms with E-state index in [4.69, 9.17) is 19.4 Å². The molecule has 0 atom stereocenters. The van der Waals surface area contributed by atoms with E-state index in [0.29, 0.717) is 52.5 Å². The zero-order valence-corrected chi connectivity index (χ0v) is 25.2. The van der Waals surface area contributed by atoms with Crippen LogP contribution in [0.4, 0.5) is 11.8 Å². The molecule has 218 valence electrons. The highest BCUT2D eigenvalue weighted by Crippen LogP contribution is 2.33. The Labute approximate surface area is 248 Å². The predicted octanol–water partition coefficient (Wildman–Crippen LogP) is 4.34. The first-order chi connectivity index (χ1) is 20.3. The molecule has 0 unspecified atom stereocenters. The summed E-state index contributed by atoms with van der Waals surface area (Å²) in [5.41, 5.74) is 4.65. The molecule has 0 amide bonds. The van der Waals surface area contributed by atoms with Crippen molar-refractivity contribution in [2.45, 2.75) is 24.2 Å². The molecule has 3 aromatic heterocycles. The first-order valence-electron chi connectivity index (χ1n) is 13.4. The molecular weight excluding hydrogens is 574 g/mol. The second-order valence-electron chi connectivity index (χ2n) is 10.1. The number of anilines is 2. The van der Waals surface area contributed by atoms with Crippen LogP contribution in [0.1, 0.15) is 16.7 Å². The van der Waals surface area contributed by atoms with Crippen molar-refractivity contribution in [3.63, 3.8) is 0 Å². The van der Waals surface area contributed by atoms with Crippen molar-refractivity contribution >= 4 is 44.3 Å². The third kappa shape index (κ3) is 5.75. The second-order valence-corrected chi connectivity index (χ2v) is 13.3. The van der Waals surface area contributed by atoms with Crippen LogP contribution in [0.3, 0.4) is 0 Å². The van der Waals surface area contributed by atoms with Gasteiger partial charge in [0.15, 0.2) is 28.5 Å². The Hall–Kier alpha value is -4.20. The van der Waals surface area contributed by atoms with E-state index in [0.717, 1.165) is 16.9 Å². The molecule has 6 rings (SSSR count). The lowest BCUT2D eigenvalue weighted by molar-refractivity contribution is 0.174. The summed E-state index contributed by atoms with van der Waals surface area (Å²) in [6.07, 6.45) is 1.78. The fraction of sp³-hybridized carbons (Fsp3) is 0.276. The number of sulfonamides is 1. The van der Waals surface area contributed by atoms with Gasteiger partial charge in [0, 0.05) is 33.7 Å². The van der Waals surface area contributed by atoms with E-state index < -0.39 is 10.0 Å². The van der Waals surface area contributed by atoms with Crippen LogP contribution < -0.4 is 19.7 Å². The highest BCUT2D eigenvalue weighted by molar-refractivity contribution is 7.91. The minimum absolute atomic E-state index is 0.219. The monoisotopic (exact) mass is 605 g/mol. The van der Waals surface area contributed by atoms with Crippen LogP contribution in [0.2, 0.25) is 0 Å². The summed E-state index contributed by atoms with van der Waals surface area (Å²) in [5, 5.41) is 5.19. The van der Waals surface area contributed by atoms with Crippen molar-refractivity contribution in [2.75, 3.05) is 44.2 Å². The molecule has 0 spiro atoms. The highest BCUT2D eigenvalue weighted by Gasteiger charge is 2.23. The van der Waals surface area contributed by atoms with E-state index in [1.54, 1.807) is 30.9 Å². The van der Waals surface area contributed by atoms with Gasteiger partial charge < -0.3 is 24.3 Å². The zero-order valence-electron chi connectivity index (χ0n) is 23.5. The standard InChI is InChI=1S/C29H31N7O4S2/c1-20-6-4-7-22(14-20)17-36-18-31-26-27(30-16-21-9-10-23-24(15-21)40-19-39-23)32-29(33-28(26)36)34(2)11-12-35(3)42(37,38)25-8-5-13-41-25/h4-10,13-15,18H,11-12,16-17,19H2,1-3H3,(H,30,32,33). The molecule has 42 heavy (non-hydrogen) atoms. The largest absolute Gasteiger partial charge is 0.454 e. The van der Waals surface area contributed by atoms with Gasteiger partial charge in [-0.1, -0.05) is 42.0 Å². The van der Waals surface area contributed by atoms with Gasteiger partial charge in [-0.25, -0.2) is 13.4 Å². The summed E-state index contributed by atoms with van der Waals surface area (Å²) in [4.78, 5) is 16.2. The topological polar surface area (TPSA) is 115 Å². The van der Waals surface area contributed by atoms with Crippen LogP contribution in [0.25, 0.3) is 11.2 Å². The predicted molar refractivity (Wildman–Crippen MR) is 163 cm³/mol. The molecule has 0 saturated heterocycles. The third-order valence-electron chi connectivity index (χ3n) is 7.04. The van der Waals surface area contributed by atoms with E-state index in [1.165, 1.54) is 21.2 Å². The molecule has 13 heteroatoms. The summed E-state index contributed by atoms with van der Waals surface area (Å²) in [6.45, 7) is 4.02. The minimum atomic E-state index is -3.56. The Morgan fingerprint density at radius 1 is 1.00 bits per heavy atom. The lowest BCUT2D eigenvalue weighted by Crippen LogP contribution is -2.35. The molecule has 0 radical (unpaired) electrons. The maximum absolute atomic E-state index is 12.9. The number of ether oxygens (including phenoxy) is 2. The number of benzene rings is 2. The van der Waals surface area contributed by atoms with Crippen molar-refractivity contribution in [1.29, 1.82) is 0 Å². The lowest BCUT2D eigenvalue weighted by Gasteiger charge is -2.22. The quantitative estimate of drug-likeness (QED) is 0.235. The van der Waals surface area contributed by atoms with Crippen molar-refractivity contribution in [2.24, 2.45) is 0 Å². The SMILES string of the molecule is Cc1cccc(Cn2cnc3c(NCc4ccc5c(c4)OCO5)nc(N(C)CCN(C)S(=O)(=O)c4cccs4)nc32)c1. The Bertz CT molecular complexity index is 1820. The van der Waals surface area contributed by atoms with E-state index in [-0.39, 0.29) is 13.3 Å². The molecule has 1 aliphatic heterocycles. The number of hydrogen-bond donors (Lipinski definition) is 1. The number of rotatable bonds is 11. The summed E-state index contributed by atoms with van der Waals surface area (Å²) in [6, 6.07) is 17.5. The van der Waals surface area contributed by atoms with Crippen molar-refractivity contribution in [3.8, 4) is 11.5 Å². The molecule has 0 aliphatic carbocycles. The summed E-state index contributed by atoms with van der Waals surface area (Å²) in [7, 11) is -0.115. The van der Waals surface area contributed by atoms with E-state index in [1.807, 2.05) is 40.8 Å². The smallest absolute Gasteiger partial charge is 0.252 e. The fourth-order valence-electron chi connectivity index (χ4n) is 4.66. The molecule has 0 saturated carbocycles. The fourth-order valence-corrected chi connectivity index (χ4v) is 7.02. The molecular formula is C29H31N7O4S2. The minimum Gasteiger partial charge on any atom is -0.454 e. The van der Waals surface area contributed by atoms with Gasteiger partial charge in [0.2, 0.25) is 12.7 Å². The third-order valence-corrected chi connectivity index (χ3v) is 10.3. The van der Waals surface area contributed by atoms with Crippen LogP contribution in [0.15, 0.2) is 70.5 Å². The van der Waals surface area contributed by atoms with E-state index in [2.05, 4.69) is 35.4 Å². The first-order valence-corrected chi connectivity index (χ1v) is 15.7. The van der Waals surface area contributed by atoms with E-state index >= 15 is 0 Å². The average molecular weight is 606 g/mol. The number of hydrogen-bond acceptors (Lipinski definition) is 10. The average Bonchev–Trinajstić information content (AvgIpc) is 3.76. The molecule has 5 aromatic rings. The number of imidazole rings is 1. The van der Waals surface area contributed by atoms with Crippen LogP contribution in [-0.4, -0.2) is 66.2 Å². The van der Waals surface area contributed by atoms with Gasteiger partial charge in [-0.05, 0) is 41.6 Å². The molecule has 1 aliphatic rings. The van der Waals surface area contributed by atoms with Gasteiger partial charge in [-0.3, -0.25) is 0 Å². The Kier molecular flexibility index (Phi) is 7.71. The summed E-state index contributed by atoms with van der Waals surface area (Å²) in [5.74, 6) is 2.49. The van der Waals surface area contributed by atoms with E-state index in [9.17, 15) is 8.42 Å². The van der Waals surface area contributed by atoms with Crippen LogP contribution >= 0.6 is 11.3 Å². The maximum atomic E-state index is 12.9. The van der Waals surface area contributed by atoms with Crippen molar-refractivity contribution in [1.82, 2.24) is 23.8 Å². The number of nitrogens with zero attached hydrogens (tertiary/aromatic N) is 6. The molecule has 4 heterocycles.